The molecule has 102 valence electrons. The zero-order valence-corrected chi connectivity index (χ0v) is 11.9. The lowest BCUT2D eigenvalue weighted by molar-refractivity contribution is 0.193. The van der Waals surface area contributed by atoms with Gasteiger partial charge >= 0.3 is 0 Å². The Balaban J connectivity index is 2.10. The normalized spacial score (nSPS) is 12.1. The molecule has 1 unspecified atom stereocenters. The molecule has 0 bridgehead atoms. The van der Waals surface area contributed by atoms with Crippen molar-refractivity contribution in [2.24, 2.45) is 0 Å². The average molecular weight is 264 g/mol. The summed E-state index contributed by atoms with van der Waals surface area (Å²) in [5.41, 5.74) is 2.57. The first-order valence-corrected chi connectivity index (χ1v) is 6.98. The van der Waals surface area contributed by atoms with Crippen molar-refractivity contribution in [3.63, 3.8) is 0 Å². The molecule has 20 heavy (non-hydrogen) atoms. The number of nitriles is 1. The van der Waals surface area contributed by atoms with Crippen molar-refractivity contribution in [3.8, 4) is 6.07 Å². The number of benzene rings is 2. The van der Waals surface area contributed by atoms with Gasteiger partial charge in [-0.15, -0.1) is 0 Å². The molecule has 0 radical (unpaired) electrons. The third-order valence-electron chi connectivity index (χ3n) is 3.47. The first kappa shape index (κ1) is 14.3. The lowest BCUT2D eigenvalue weighted by atomic mass is 10.1. The van der Waals surface area contributed by atoms with E-state index < -0.39 is 0 Å². The van der Waals surface area contributed by atoms with E-state index in [-0.39, 0.29) is 6.04 Å². The quantitative estimate of drug-likeness (QED) is 0.788. The van der Waals surface area contributed by atoms with Crippen molar-refractivity contribution >= 4 is 0 Å². The smallest absolute Gasteiger partial charge is 0.0638 e. The van der Waals surface area contributed by atoms with Gasteiger partial charge in [-0.05, 0) is 18.1 Å². The fourth-order valence-corrected chi connectivity index (χ4v) is 2.26. The average Bonchev–Trinajstić information content (AvgIpc) is 2.49. The van der Waals surface area contributed by atoms with Crippen molar-refractivity contribution in [1.29, 1.82) is 5.26 Å². The van der Waals surface area contributed by atoms with E-state index in [0.717, 1.165) is 13.1 Å². The first-order chi connectivity index (χ1) is 9.79. The molecule has 0 aliphatic heterocycles. The van der Waals surface area contributed by atoms with Crippen LogP contribution in [0.4, 0.5) is 0 Å². The Labute approximate surface area is 121 Å². The lowest BCUT2D eigenvalue weighted by Gasteiger charge is -2.27. The van der Waals surface area contributed by atoms with Gasteiger partial charge in [-0.1, -0.05) is 60.7 Å². The van der Waals surface area contributed by atoms with Crippen LogP contribution in [0, 0.1) is 11.3 Å². The number of nitrogens with zero attached hydrogens (tertiary/aromatic N) is 2. The van der Waals surface area contributed by atoms with E-state index >= 15 is 0 Å². The van der Waals surface area contributed by atoms with E-state index in [1.165, 1.54) is 11.1 Å². The van der Waals surface area contributed by atoms with Crippen molar-refractivity contribution in [3.05, 3.63) is 71.8 Å². The Bertz CT molecular complexity index is 501. The van der Waals surface area contributed by atoms with Crippen molar-refractivity contribution in [1.82, 2.24) is 4.90 Å². The highest BCUT2D eigenvalue weighted by Gasteiger charge is 2.14. The molecule has 2 aromatic rings. The summed E-state index contributed by atoms with van der Waals surface area (Å²) in [5, 5.41) is 8.94. The minimum atomic E-state index is 0.250. The van der Waals surface area contributed by atoms with E-state index in [2.05, 4.69) is 66.4 Å². The van der Waals surface area contributed by atoms with Gasteiger partial charge in [0.15, 0.2) is 0 Å². The molecule has 2 rings (SSSR count). The molecule has 0 saturated carbocycles. The summed E-state index contributed by atoms with van der Waals surface area (Å²) in [5.74, 6) is 0. The van der Waals surface area contributed by atoms with E-state index in [9.17, 15) is 0 Å². The van der Waals surface area contributed by atoms with Crippen molar-refractivity contribution < 1.29 is 0 Å². The molecule has 0 aliphatic carbocycles. The van der Waals surface area contributed by atoms with Gasteiger partial charge in [0.2, 0.25) is 0 Å². The van der Waals surface area contributed by atoms with Crippen LogP contribution in [0.25, 0.3) is 0 Å². The Morgan fingerprint density at radius 3 is 1.75 bits per heavy atom. The molecule has 0 fully saturated rings. The molecule has 2 heteroatoms. The van der Waals surface area contributed by atoms with Gasteiger partial charge in [0.05, 0.1) is 12.5 Å². The van der Waals surface area contributed by atoms with Crippen molar-refractivity contribution in [2.75, 3.05) is 0 Å². The summed E-state index contributed by atoms with van der Waals surface area (Å²) in [4.78, 5) is 2.36. The minimum Gasteiger partial charge on any atom is -0.291 e. The van der Waals surface area contributed by atoms with Gasteiger partial charge in [-0.3, -0.25) is 4.90 Å². The summed E-state index contributed by atoms with van der Waals surface area (Å²) < 4.78 is 0. The van der Waals surface area contributed by atoms with Crippen LogP contribution >= 0.6 is 0 Å². The summed E-state index contributed by atoms with van der Waals surface area (Å²) in [7, 11) is 0. The van der Waals surface area contributed by atoms with E-state index in [1.54, 1.807) is 0 Å². The second kappa shape index (κ2) is 7.47. The molecule has 1 atom stereocenters. The van der Waals surface area contributed by atoms with E-state index in [4.69, 9.17) is 5.26 Å². The maximum absolute atomic E-state index is 8.94. The van der Waals surface area contributed by atoms with Crippen LogP contribution in [0.3, 0.4) is 0 Å². The molecule has 2 aromatic carbocycles. The molecule has 0 aromatic heterocycles. The van der Waals surface area contributed by atoms with Gasteiger partial charge in [-0.25, -0.2) is 0 Å². The third kappa shape index (κ3) is 4.22. The zero-order chi connectivity index (χ0) is 14.2. The van der Waals surface area contributed by atoms with Gasteiger partial charge in [0.25, 0.3) is 0 Å². The van der Waals surface area contributed by atoms with Crippen LogP contribution in [-0.4, -0.2) is 10.9 Å². The maximum atomic E-state index is 8.94. The number of hydrogen-bond acceptors (Lipinski definition) is 2. The second-order valence-corrected chi connectivity index (χ2v) is 5.09. The topological polar surface area (TPSA) is 27.0 Å². The minimum absolute atomic E-state index is 0.250. The maximum Gasteiger partial charge on any atom is 0.0638 e. The molecular formula is C18H20N2. The number of rotatable bonds is 6. The highest BCUT2D eigenvalue weighted by atomic mass is 15.1. The van der Waals surface area contributed by atoms with Crippen LogP contribution in [0.2, 0.25) is 0 Å². The highest BCUT2D eigenvalue weighted by molar-refractivity contribution is 5.17. The summed E-state index contributed by atoms with van der Waals surface area (Å²) in [6.07, 6.45) is 0.555. The molecule has 0 amide bonds. The summed E-state index contributed by atoms with van der Waals surface area (Å²) in [6, 6.07) is 23.4. The Kier molecular flexibility index (Phi) is 5.34. The first-order valence-electron chi connectivity index (χ1n) is 6.98. The monoisotopic (exact) mass is 264 g/mol. The van der Waals surface area contributed by atoms with Crippen LogP contribution < -0.4 is 0 Å². The molecule has 0 N–H and O–H groups in total. The molecule has 0 saturated heterocycles. The lowest BCUT2D eigenvalue weighted by Crippen LogP contribution is -2.31. The van der Waals surface area contributed by atoms with Gasteiger partial charge in [0.1, 0.15) is 0 Å². The standard InChI is InChI=1S/C18H20N2/c1-16(12-13-19)20(14-17-8-4-2-5-9-17)15-18-10-6-3-7-11-18/h2-11,16H,12,14-15H2,1H3. The molecule has 0 spiro atoms. The SMILES string of the molecule is CC(CC#N)N(Cc1ccccc1)Cc1ccccc1. The summed E-state index contributed by atoms with van der Waals surface area (Å²) >= 11 is 0. The highest BCUT2D eigenvalue weighted by Crippen LogP contribution is 2.14. The van der Waals surface area contributed by atoms with Gasteiger partial charge < -0.3 is 0 Å². The predicted molar refractivity (Wildman–Crippen MR) is 81.8 cm³/mol. The Morgan fingerprint density at radius 1 is 0.900 bits per heavy atom. The van der Waals surface area contributed by atoms with Gasteiger partial charge in [0, 0.05) is 19.1 Å². The Morgan fingerprint density at radius 2 is 1.35 bits per heavy atom. The van der Waals surface area contributed by atoms with E-state index in [0.29, 0.717) is 6.42 Å². The fourth-order valence-electron chi connectivity index (χ4n) is 2.26. The predicted octanol–water partition coefficient (Wildman–Crippen LogP) is 3.99. The summed E-state index contributed by atoms with van der Waals surface area (Å²) in [6.45, 7) is 3.87. The molecular weight excluding hydrogens is 244 g/mol. The van der Waals surface area contributed by atoms with E-state index in [1.807, 2.05) is 12.1 Å². The third-order valence-corrected chi connectivity index (χ3v) is 3.47. The second-order valence-electron chi connectivity index (χ2n) is 5.09. The Hall–Kier alpha value is -2.11. The van der Waals surface area contributed by atoms with Gasteiger partial charge in [-0.2, -0.15) is 5.26 Å². The van der Waals surface area contributed by atoms with Crippen molar-refractivity contribution in [2.45, 2.75) is 32.5 Å². The van der Waals surface area contributed by atoms with Crippen LogP contribution in [0.5, 0.6) is 0 Å². The largest absolute Gasteiger partial charge is 0.291 e. The molecule has 0 aliphatic rings. The number of hydrogen-bond donors (Lipinski definition) is 0. The fraction of sp³-hybridized carbons (Fsp3) is 0.278. The van der Waals surface area contributed by atoms with Crippen LogP contribution in [0.15, 0.2) is 60.7 Å². The van der Waals surface area contributed by atoms with Crippen LogP contribution in [0.1, 0.15) is 24.5 Å². The van der Waals surface area contributed by atoms with Crippen LogP contribution in [-0.2, 0) is 13.1 Å². The molecule has 0 heterocycles. The zero-order valence-electron chi connectivity index (χ0n) is 11.9. The molecule has 2 nitrogen and oxygen atoms in total.